The topological polar surface area (TPSA) is 137 Å². The van der Waals surface area contributed by atoms with Gasteiger partial charge in [0.15, 0.2) is 0 Å². The first kappa shape index (κ1) is 29.3. The number of carbonyl (C=O) groups excluding carboxylic acids is 1. The van der Waals surface area contributed by atoms with Crippen molar-refractivity contribution in [3.63, 3.8) is 0 Å². The molecule has 220 valence electrons. The molecule has 42 heavy (non-hydrogen) atoms. The fraction of sp³-hybridized carbons (Fsp3) is 0.312. The zero-order chi connectivity index (χ0) is 30.2. The zero-order valence-corrected chi connectivity index (χ0v) is 23.9. The average molecular weight is 576 g/mol. The minimum atomic E-state index is -1.39. The zero-order valence-electron chi connectivity index (χ0n) is 23.9. The molecule has 10 nitrogen and oxygen atoms in total. The highest BCUT2D eigenvalue weighted by Crippen LogP contribution is 2.35. The van der Waals surface area contributed by atoms with Gasteiger partial charge in [-0.2, -0.15) is 0 Å². The van der Waals surface area contributed by atoms with Gasteiger partial charge < -0.3 is 38.9 Å². The van der Waals surface area contributed by atoms with Crippen LogP contribution in [0.4, 0.5) is 5.69 Å². The van der Waals surface area contributed by atoms with Crippen molar-refractivity contribution >= 4 is 22.6 Å². The van der Waals surface area contributed by atoms with Crippen LogP contribution in [-0.4, -0.2) is 60.5 Å². The predicted molar refractivity (Wildman–Crippen MR) is 156 cm³/mol. The summed E-state index contributed by atoms with van der Waals surface area (Å²) in [7, 11) is 2.99. The van der Waals surface area contributed by atoms with Gasteiger partial charge in [-0.05, 0) is 62.7 Å². The van der Waals surface area contributed by atoms with Gasteiger partial charge in [0.2, 0.25) is 6.29 Å². The summed E-state index contributed by atoms with van der Waals surface area (Å²) in [6.45, 7) is 5.14. The highest BCUT2D eigenvalue weighted by Gasteiger charge is 2.50. The minimum absolute atomic E-state index is 0.0286. The van der Waals surface area contributed by atoms with Crippen molar-refractivity contribution in [1.82, 2.24) is 0 Å². The number of nitrogens with one attached hydrogen (secondary N) is 1. The molecule has 1 amide bonds. The molecule has 4 atom stereocenters. The third kappa shape index (κ3) is 5.49. The molecule has 4 aromatic rings. The summed E-state index contributed by atoms with van der Waals surface area (Å²) < 4.78 is 28.2. The molecule has 1 unspecified atom stereocenters. The van der Waals surface area contributed by atoms with E-state index in [-0.39, 0.29) is 17.0 Å². The van der Waals surface area contributed by atoms with Crippen molar-refractivity contribution in [3.8, 4) is 22.6 Å². The molecule has 3 N–H and O–H groups in total. The maximum atomic E-state index is 13.2. The second-order valence-corrected chi connectivity index (χ2v) is 10.6. The smallest absolute Gasteiger partial charge is 0.360 e. The summed E-state index contributed by atoms with van der Waals surface area (Å²) in [5.74, 6) is 0.411. The van der Waals surface area contributed by atoms with E-state index in [1.165, 1.54) is 13.2 Å². The molecule has 1 aliphatic rings. The molecular weight excluding hydrogens is 542 g/mol. The molecule has 1 aliphatic heterocycles. The van der Waals surface area contributed by atoms with E-state index in [0.717, 1.165) is 11.1 Å². The van der Waals surface area contributed by atoms with Crippen molar-refractivity contribution < 1.29 is 38.4 Å². The number of amides is 1. The van der Waals surface area contributed by atoms with Gasteiger partial charge in [-0.25, -0.2) is 4.79 Å². The minimum Gasteiger partial charge on any atom is -0.496 e. The molecule has 0 spiro atoms. The van der Waals surface area contributed by atoms with Crippen molar-refractivity contribution in [1.29, 1.82) is 0 Å². The van der Waals surface area contributed by atoms with Crippen LogP contribution in [0.15, 0.2) is 75.9 Å². The van der Waals surface area contributed by atoms with Gasteiger partial charge >= 0.3 is 5.63 Å². The second-order valence-electron chi connectivity index (χ2n) is 10.6. The van der Waals surface area contributed by atoms with E-state index in [9.17, 15) is 19.8 Å². The van der Waals surface area contributed by atoms with Gasteiger partial charge in [0.05, 0.1) is 12.7 Å². The largest absolute Gasteiger partial charge is 0.496 e. The number of aliphatic hydroxyl groups is 2. The fourth-order valence-corrected chi connectivity index (χ4v) is 5.24. The third-order valence-electron chi connectivity index (χ3n) is 7.44. The Morgan fingerprint density at radius 2 is 1.67 bits per heavy atom. The molecule has 1 fully saturated rings. The van der Waals surface area contributed by atoms with Crippen LogP contribution in [0, 0.1) is 6.92 Å². The number of carbonyl (C=O) groups is 1. The van der Waals surface area contributed by atoms with E-state index < -0.39 is 41.7 Å². The number of hydrogen-bond acceptors (Lipinski definition) is 9. The molecule has 0 bridgehead atoms. The number of methoxy groups -OCH3 is 2. The van der Waals surface area contributed by atoms with Gasteiger partial charge in [0.1, 0.15) is 41.1 Å². The molecule has 2 heterocycles. The van der Waals surface area contributed by atoms with Crippen LogP contribution in [-0.2, 0) is 9.47 Å². The lowest BCUT2D eigenvalue weighted by molar-refractivity contribution is -0.306. The Bertz CT molecular complexity index is 1660. The number of anilines is 1. The van der Waals surface area contributed by atoms with Crippen molar-refractivity contribution in [2.75, 3.05) is 19.5 Å². The third-order valence-corrected chi connectivity index (χ3v) is 7.44. The van der Waals surface area contributed by atoms with Crippen LogP contribution in [0.2, 0.25) is 0 Å². The molecule has 10 heteroatoms. The van der Waals surface area contributed by atoms with E-state index in [1.807, 2.05) is 30.3 Å². The molecular formula is C32H33NO9. The lowest BCUT2D eigenvalue weighted by atomic mass is 9.89. The van der Waals surface area contributed by atoms with Crippen LogP contribution in [0.3, 0.4) is 0 Å². The van der Waals surface area contributed by atoms with E-state index in [2.05, 4.69) is 5.32 Å². The summed E-state index contributed by atoms with van der Waals surface area (Å²) in [6, 6.07) is 19.4. The van der Waals surface area contributed by atoms with Crippen molar-refractivity contribution in [2.24, 2.45) is 0 Å². The highest BCUT2D eigenvalue weighted by atomic mass is 16.7. The van der Waals surface area contributed by atoms with Gasteiger partial charge in [-0.3, -0.25) is 4.79 Å². The first-order chi connectivity index (χ1) is 20.0. The molecule has 0 aliphatic carbocycles. The van der Waals surface area contributed by atoms with Crippen molar-refractivity contribution in [2.45, 2.75) is 51.0 Å². The van der Waals surface area contributed by atoms with Crippen molar-refractivity contribution in [3.05, 3.63) is 88.3 Å². The monoisotopic (exact) mass is 575 g/mol. The Morgan fingerprint density at radius 3 is 2.36 bits per heavy atom. The van der Waals surface area contributed by atoms with Crippen LogP contribution >= 0.6 is 0 Å². The first-order valence-corrected chi connectivity index (χ1v) is 13.4. The number of hydrogen-bond donors (Lipinski definition) is 3. The summed E-state index contributed by atoms with van der Waals surface area (Å²) in [5, 5.41) is 24.3. The summed E-state index contributed by atoms with van der Waals surface area (Å²) in [5.41, 5.74) is 0.939. The van der Waals surface area contributed by atoms with Crippen LogP contribution < -0.4 is 20.4 Å². The Balaban J connectivity index is 1.40. The number of aliphatic hydroxyl groups excluding tert-OH is 2. The quantitative estimate of drug-likeness (QED) is 0.276. The molecule has 3 aromatic carbocycles. The summed E-state index contributed by atoms with van der Waals surface area (Å²) in [4.78, 5) is 26.1. The number of benzene rings is 3. The maximum absolute atomic E-state index is 13.2. The SMILES string of the molecule is COc1ccc(C(=O)Nc2cc3ccc(O[C@@H]4OC(C)(C)[C@H](OC)[C@@H](O)C4O)c(C)c3oc2=O)cc1-c1ccccc1. The lowest BCUT2D eigenvalue weighted by Crippen LogP contribution is -2.63. The lowest BCUT2D eigenvalue weighted by Gasteiger charge is -2.46. The number of aryl methyl sites for hydroxylation is 1. The highest BCUT2D eigenvalue weighted by molar-refractivity contribution is 6.05. The normalized spacial score (nSPS) is 21.6. The molecule has 0 saturated carbocycles. The van der Waals surface area contributed by atoms with Crippen LogP contribution in [0.1, 0.15) is 29.8 Å². The van der Waals surface area contributed by atoms with E-state index >= 15 is 0 Å². The Kier molecular flexibility index (Phi) is 8.07. The van der Waals surface area contributed by atoms with Gasteiger partial charge in [-0.15, -0.1) is 0 Å². The molecule has 1 aromatic heterocycles. The van der Waals surface area contributed by atoms with Gasteiger partial charge in [0.25, 0.3) is 5.91 Å². The van der Waals surface area contributed by atoms with E-state index in [4.69, 9.17) is 23.4 Å². The van der Waals surface area contributed by atoms with Gasteiger partial charge in [0, 0.05) is 29.2 Å². The van der Waals surface area contributed by atoms with E-state index in [1.54, 1.807) is 58.2 Å². The molecule has 1 saturated heterocycles. The Morgan fingerprint density at radius 1 is 0.952 bits per heavy atom. The van der Waals surface area contributed by atoms with Crippen LogP contribution in [0.5, 0.6) is 11.5 Å². The van der Waals surface area contributed by atoms with Gasteiger partial charge in [-0.1, -0.05) is 30.3 Å². The number of ether oxygens (including phenoxy) is 4. The number of fused-ring (bicyclic) bond motifs is 1. The Hall–Kier alpha value is -4.22. The average Bonchev–Trinajstić information content (AvgIpc) is 2.98. The summed E-state index contributed by atoms with van der Waals surface area (Å²) in [6.07, 6.45) is -4.60. The summed E-state index contributed by atoms with van der Waals surface area (Å²) >= 11 is 0. The number of rotatable bonds is 7. The maximum Gasteiger partial charge on any atom is 0.360 e. The van der Waals surface area contributed by atoms with E-state index in [0.29, 0.717) is 22.3 Å². The standard InChI is InChI=1S/C32H33NO9/c1-17-23(40-31-26(35)25(34)28(39-5)32(2,3)42-31)13-11-19-16-22(30(37)41-27(17)19)33-29(36)20-12-14-24(38-4)21(15-20)18-9-7-6-8-10-18/h6-16,25-26,28,31,34-35H,1-5H3,(H,33,36)/t25-,26?,28+,31+/m0/s1. The van der Waals surface area contributed by atoms with Crippen LogP contribution in [0.25, 0.3) is 22.1 Å². The molecule has 0 radical (unpaired) electrons. The second kappa shape index (κ2) is 11.6. The predicted octanol–water partition coefficient (Wildman–Crippen LogP) is 4.28. The molecule has 5 rings (SSSR count). The first-order valence-electron chi connectivity index (χ1n) is 13.4. The fourth-order valence-electron chi connectivity index (χ4n) is 5.24. The Labute approximate surface area is 242 Å².